The number of nitrogens with zero attached hydrogens (tertiary/aromatic N) is 3. The number of hydrogen-bond acceptors (Lipinski definition) is 4. The summed E-state index contributed by atoms with van der Waals surface area (Å²) in [6.45, 7) is 10.9. The molecule has 26 heavy (non-hydrogen) atoms. The Morgan fingerprint density at radius 3 is 2.58 bits per heavy atom. The summed E-state index contributed by atoms with van der Waals surface area (Å²) in [5, 5.41) is 0. The Labute approximate surface area is 156 Å². The van der Waals surface area contributed by atoms with Gasteiger partial charge in [0.15, 0.2) is 5.78 Å². The zero-order chi connectivity index (χ0) is 18.5. The van der Waals surface area contributed by atoms with E-state index in [2.05, 4.69) is 23.6 Å². The van der Waals surface area contributed by atoms with Gasteiger partial charge in [-0.3, -0.25) is 14.5 Å². The molecule has 0 unspecified atom stereocenters. The van der Waals surface area contributed by atoms with E-state index in [1.54, 1.807) is 0 Å². The largest absolute Gasteiger partial charge is 0.312 e. The van der Waals surface area contributed by atoms with Crippen molar-refractivity contribution < 1.29 is 9.59 Å². The summed E-state index contributed by atoms with van der Waals surface area (Å²) in [7, 11) is 0. The monoisotopic (exact) mass is 357 g/mol. The lowest BCUT2D eigenvalue weighted by atomic mass is 10.1. The second kappa shape index (κ2) is 8.78. The van der Waals surface area contributed by atoms with Gasteiger partial charge in [0.2, 0.25) is 5.91 Å². The minimum atomic E-state index is 0.0773. The molecule has 2 aliphatic rings. The number of ketones is 1. The van der Waals surface area contributed by atoms with E-state index in [4.69, 9.17) is 0 Å². The molecule has 5 nitrogen and oxygen atoms in total. The number of unbranched alkanes of at least 4 members (excludes halogenated alkanes) is 1. The number of para-hydroxylation sites is 1. The van der Waals surface area contributed by atoms with E-state index in [1.165, 1.54) is 0 Å². The van der Waals surface area contributed by atoms with Crippen molar-refractivity contribution in [1.29, 1.82) is 0 Å². The van der Waals surface area contributed by atoms with Crippen LogP contribution in [-0.2, 0) is 4.79 Å². The van der Waals surface area contributed by atoms with Gasteiger partial charge in [0.25, 0.3) is 0 Å². The molecule has 5 heteroatoms. The lowest BCUT2D eigenvalue weighted by Crippen LogP contribution is -2.51. The zero-order valence-electron chi connectivity index (χ0n) is 16.1. The number of carbonyl (C=O) groups excluding carboxylic acids is 2. The molecule has 1 fully saturated rings. The van der Waals surface area contributed by atoms with Crippen molar-refractivity contribution in [3.63, 3.8) is 0 Å². The van der Waals surface area contributed by atoms with Crippen molar-refractivity contribution in [3.8, 4) is 0 Å². The molecule has 3 rings (SSSR count). The highest BCUT2D eigenvalue weighted by molar-refractivity contribution is 6.09. The molecule has 1 amide bonds. The van der Waals surface area contributed by atoms with Crippen LogP contribution in [0.2, 0.25) is 0 Å². The number of rotatable bonds is 6. The highest BCUT2D eigenvalue weighted by atomic mass is 16.2. The fourth-order valence-electron chi connectivity index (χ4n) is 4.16. The summed E-state index contributed by atoms with van der Waals surface area (Å²) < 4.78 is 0. The molecule has 1 atom stereocenters. The van der Waals surface area contributed by atoms with E-state index in [-0.39, 0.29) is 11.7 Å². The second-order valence-electron chi connectivity index (χ2n) is 7.47. The molecule has 0 aromatic heterocycles. The van der Waals surface area contributed by atoms with Gasteiger partial charge in [0.1, 0.15) is 0 Å². The molecule has 0 radical (unpaired) electrons. The molecular formula is C21H31N3O2. The van der Waals surface area contributed by atoms with Crippen molar-refractivity contribution in [1.82, 2.24) is 9.80 Å². The number of piperazine rings is 1. The number of benzene rings is 1. The normalized spacial score (nSPS) is 22.4. The molecule has 2 heterocycles. The maximum atomic E-state index is 12.5. The van der Waals surface area contributed by atoms with Crippen LogP contribution in [0.15, 0.2) is 24.3 Å². The van der Waals surface area contributed by atoms with Gasteiger partial charge < -0.3 is 9.80 Å². The number of hydrogen-bond donors (Lipinski definition) is 0. The van der Waals surface area contributed by atoms with Crippen LogP contribution in [0.5, 0.6) is 0 Å². The first-order valence-electron chi connectivity index (χ1n) is 9.99. The lowest BCUT2D eigenvalue weighted by molar-refractivity contribution is -0.118. The first-order valence-corrected chi connectivity index (χ1v) is 9.99. The van der Waals surface area contributed by atoms with Gasteiger partial charge in [-0.05, 0) is 45.0 Å². The van der Waals surface area contributed by atoms with Crippen molar-refractivity contribution >= 4 is 17.4 Å². The number of anilines is 1. The average molecular weight is 357 g/mol. The van der Waals surface area contributed by atoms with Crippen LogP contribution in [0.3, 0.4) is 0 Å². The molecule has 1 aromatic carbocycles. The van der Waals surface area contributed by atoms with Crippen LogP contribution in [0.4, 0.5) is 5.69 Å². The molecule has 0 saturated carbocycles. The lowest BCUT2D eigenvalue weighted by Gasteiger charge is -2.39. The van der Waals surface area contributed by atoms with Crippen molar-refractivity contribution in [2.24, 2.45) is 0 Å². The Morgan fingerprint density at radius 1 is 1.04 bits per heavy atom. The summed E-state index contributed by atoms with van der Waals surface area (Å²) >= 11 is 0. The average Bonchev–Trinajstić information content (AvgIpc) is 2.77. The van der Waals surface area contributed by atoms with Crippen LogP contribution in [-0.4, -0.2) is 66.8 Å². The highest BCUT2D eigenvalue weighted by Gasteiger charge is 2.26. The highest BCUT2D eigenvalue weighted by Crippen LogP contribution is 2.27. The van der Waals surface area contributed by atoms with Crippen LogP contribution in [0, 0.1) is 0 Å². The topological polar surface area (TPSA) is 43.9 Å². The molecule has 142 valence electrons. The Kier molecular flexibility index (Phi) is 6.43. The van der Waals surface area contributed by atoms with Crippen LogP contribution < -0.4 is 4.90 Å². The summed E-state index contributed by atoms with van der Waals surface area (Å²) in [5.41, 5.74) is 1.49. The van der Waals surface area contributed by atoms with Gasteiger partial charge in [0, 0.05) is 50.6 Å². The van der Waals surface area contributed by atoms with E-state index in [9.17, 15) is 9.59 Å². The van der Waals surface area contributed by atoms with Gasteiger partial charge in [-0.15, -0.1) is 0 Å². The maximum Gasteiger partial charge on any atom is 0.227 e. The number of likely N-dealkylation sites (N-methyl/N-ethyl adjacent to an activating group) is 1. The van der Waals surface area contributed by atoms with Gasteiger partial charge in [-0.25, -0.2) is 0 Å². The Bertz CT molecular complexity index is 646. The quantitative estimate of drug-likeness (QED) is 0.735. The van der Waals surface area contributed by atoms with E-state index >= 15 is 0 Å². The van der Waals surface area contributed by atoms with Gasteiger partial charge >= 0.3 is 0 Å². The van der Waals surface area contributed by atoms with Crippen LogP contribution in [0.1, 0.15) is 49.9 Å². The molecule has 2 aliphatic heterocycles. The minimum absolute atomic E-state index is 0.0773. The fourth-order valence-corrected chi connectivity index (χ4v) is 4.16. The predicted molar refractivity (Wildman–Crippen MR) is 105 cm³/mol. The molecule has 0 bridgehead atoms. The standard InChI is InChI=1S/C21H31N3O2/c1-3-23-15-14-22(16-17(23)2)12-6-7-13-24-19-9-5-4-8-18(19)20(25)10-11-21(24)26/h4-5,8-9,17H,3,6-7,10-16H2,1-2H3/t17-/m0/s1. The molecule has 0 spiro atoms. The van der Waals surface area contributed by atoms with Crippen LogP contribution in [0.25, 0.3) is 0 Å². The van der Waals surface area contributed by atoms with E-state index in [1.807, 2.05) is 29.2 Å². The van der Waals surface area contributed by atoms with Gasteiger partial charge in [0.05, 0.1) is 5.69 Å². The fraction of sp³-hybridized carbons (Fsp3) is 0.619. The molecule has 0 aliphatic carbocycles. The third kappa shape index (κ3) is 4.33. The van der Waals surface area contributed by atoms with Gasteiger partial charge in [-0.1, -0.05) is 19.1 Å². The Hall–Kier alpha value is -1.72. The first kappa shape index (κ1) is 19.1. The molecule has 0 N–H and O–H groups in total. The van der Waals surface area contributed by atoms with Crippen molar-refractivity contribution in [3.05, 3.63) is 29.8 Å². The Balaban J connectivity index is 1.52. The first-order chi connectivity index (χ1) is 12.6. The number of fused-ring (bicyclic) bond motifs is 1. The summed E-state index contributed by atoms with van der Waals surface area (Å²) in [5.74, 6) is 0.160. The maximum absolute atomic E-state index is 12.5. The van der Waals surface area contributed by atoms with Crippen molar-refractivity contribution in [2.45, 2.75) is 45.6 Å². The van der Waals surface area contributed by atoms with E-state index < -0.39 is 0 Å². The molecule has 1 saturated heterocycles. The number of Topliss-reactive ketones (excluding diaryl/α,β-unsaturated/α-hetero) is 1. The van der Waals surface area contributed by atoms with Crippen LogP contribution >= 0.6 is 0 Å². The number of amides is 1. The van der Waals surface area contributed by atoms with Gasteiger partial charge in [-0.2, -0.15) is 0 Å². The summed E-state index contributed by atoms with van der Waals surface area (Å²) in [6.07, 6.45) is 2.70. The predicted octanol–water partition coefficient (Wildman–Crippen LogP) is 2.80. The minimum Gasteiger partial charge on any atom is -0.312 e. The third-order valence-electron chi connectivity index (χ3n) is 5.72. The zero-order valence-corrected chi connectivity index (χ0v) is 16.1. The van der Waals surface area contributed by atoms with Crippen molar-refractivity contribution in [2.75, 3.05) is 44.2 Å². The molecule has 1 aromatic rings. The van der Waals surface area contributed by atoms with E-state index in [0.717, 1.165) is 51.3 Å². The smallest absolute Gasteiger partial charge is 0.227 e. The van der Waals surface area contributed by atoms with E-state index in [0.29, 0.717) is 31.0 Å². The number of carbonyl (C=O) groups is 2. The summed E-state index contributed by atoms with van der Waals surface area (Å²) in [6, 6.07) is 8.16. The molecular weight excluding hydrogens is 326 g/mol. The second-order valence-corrected chi connectivity index (χ2v) is 7.47. The Morgan fingerprint density at radius 2 is 1.81 bits per heavy atom. The summed E-state index contributed by atoms with van der Waals surface area (Å²) in [4.78, 5) is 31.6. The third-order valence-corrected chi connectivity index (χ3v) is 5.72. The SMILES string of the molecule is CCN1CCN(CCCCN2C(=O)CCC(=O)c3ccccc32)C[C@@H]1C.